The summed E-state index contributed by atoms with van der Waals surface area (Å²) in [6.07, 6.45) is -0.124. The van der Waals surface area contributed by atoms with Gasteiger partial charge in [0.25, 0.3) is 5.91 Å². The van der Waals surface area contributed by atoms with Gasteiger partial charge in [-0.25, -0.2) is 4.57 Å². The first-order valence-corrected chi connectivity index (χ1v) is 13.0. The minimum absolute atomic E-state index is 0.0117. The molecule has 0 bridgehead atoms. The lowest BCUT2D eigenvalue weighted by Crippen LogP contribution is -2.59. The Labute approximate surface area is 197 Å². The molecule has 1 saturated carbocycles. The third-order valence-corrected chi connectivity index (χ3v) is 7.55. The number of rotatable bonds is 10. The third-order valence-electron chi connectivity index (χ3n) is 6.14. The first kappa shape index (κ1) is 24.9. The van der Waals surface area contributed by atoms with Crippen LogP contribution in [0.2, 0.25) is 0 Å². The summed E-state index contributed by atoms with van der Waals surface area (Å²) in [5.41, 5.74) is 0.393. The second kappa shape index (κ2) is 10.2. The van der Waals surface area contributed by atoms with Gasteiger partial charge in [0.2, 0.25) is 12.5 Å². The lowest BCUT2D eigenvalue weighted by Gasteiger charge is -2.41. The Balaban J connectivity index is 1.76. The zero-order chi connectivity index (χ0) is 24.5. The van der Waals surface area contributed by atoms with Crippen molar-refractivity contribution in [3.8, 4) is 17.2 Å². The van der Waals surface area contributed by atoms with Gasteiger partial charge in [-0.05, 0) is 30.9 Å². The van der Waals surface area contributed by atoms with Crippen molar-refractivity contribution in [3.63, 3.8) is 0 Å². The summed E-state index contributed by atoms with van der Waals surface area (Å²) in [5.74, 6) is -1.84. The molecule has 3 aliphatic rings. The van der Waals surface area contributed by atoms with E-state index in [-0.39, 0.29) is 49.2 Å². The number of amides is 1. The molecule has 4 atom stereocenters. The van der Waals surface area contributed by atoms with Crippen molar-refractivity contribution in [1.82, 2.24) is 5.32 Å². The number of hydrogen-bond acceptors (Lipinski definition) is 10. The van der Waals surface area contributed by atoms with Crippen LogP contribution in [0.1, 0.15) is 67.8 Å². The van der Waals surface area contributed by atoms with Crippen LogP contribution in [0.25, 0.3) is 0 Å². The van der Waals surface area contributed by atoms with E-state index < -0.39 is 43.7 Å². The van der Waals surface area contributed by atoms with Crippen molar-refractivity contribution in [1.29, 1.82) is 0 Å². The number of hydrogen-bond donors (Lipinski definition) is 3. The van der Waals surface area contributed by atoms with Crippen LogP contribution in [-0.2, 0) is 18.4 Å². The van der Waals surface area contributed by atoms with E-state index in [9.17, 15) is 24.4 Å². The summed E-state index contributed by atoms with van der Waals surface area (Å²) in [7, 11) is -4.14. The summed E-state index contributed by atoms with van der Waals surface area (Å²) in [5, 5.41) is 23.2. The molecular formula is C22H30NO10P. The molecular weight excluding hydrogens is 469 g/mol. The Hall–Kier alpha value is -2.17. The number of Topliss-reactive ketones (excluding diaryl/α,β-unsaturated/α-hetero) is 1. The third kappa shape index (κ3) is 4.67. The van der Waals surface area contributed by atoms with E-state index in [0.717, 1.165) is 12.8 Å². The topological polar surface area (TPSA) is 150 Å². The van der Waals surface area contributed by atoms with Crippen LogP contribution in [0.15, 0.2) is 6.07 Å². The van der Waals surface area contributed by atoms with Gasteiger partial charge in [0, 0.05) is 5.92 Å². The molecule has 2 heterocycles. The normalized spacial score (nSPS) is 25.5. The summed E-state index contributed by atoms with van der Waals surface area (Å²) in [4.78, 5) is 25.3. The van der Waals surface area contributed by atoms with Gasteiger partial charge >= 0.3 is 7.82 Å². The average Bonchev–Trinajstić information content (AvgIpc) is 3.28. The number of benzene rings is 1. The molecule has 2 aliphatic heterocycles. The maximum Gasteiger partial charge on any atom is 0.530 e. The van der Waals surface area contributed by atoms with E-state index >= 15 is 0 Å². The molecule has 1 fully saturated rings. The average molecular weight is 499 g/mol. The fourth-order valence-corrected chi connectivity index (χ4v) is 5.59. The van der Waals surface area contributed by atoms with Gasteiger partial charge < -0.3 is 29.5 Å². The number of ketones is 1. The second-order valence-corrected chi connectivity index (χ2v) is 10.1. The van der Waals surface area contributed by atoms with Crippen LogP contribution in [0.3, 0.4) is 0 Å². The Kier molecular flexibility index (Phi) is 7.49. The van der Waals surface area contributed by atoms with E-state index in [1.54, 1.807) is 6.07 Å². The molecule has 188 valence electrons. The summed E-state index contributed by atoms with van der Waals surface area (Å²) < 4.78 is 41.4. The second-order valence-electron chi connectivity index (χ2n) is 8.52. The maximum absolute atomic E-state index is 13.5. The molecule has 4 rings (SSSR count). The highest BCUT2D eigenvalue weighted by atomic mass is 31.2. The number of nitrogens with one attached hydrogen (secondary N) is 1. The number of aliphatic hydroxyl groups is 2. The van der Waals surface area contributed by atoms with E-state index in [1.807, 2.05) is 13.8 Å². The number of aliphatic hydroxyl groups excluding tert-OH is 2. The number of ether oxygens (including phenoxy) is 2. The summed E-state index contributed by atoms with van der Waals surface area (Å²) in [6, 6.07) is 0.634. The van der Waals surface area contributed by atoms with Gasteiger partial charge in [-0.3, -0.25) is 18.6 Å². The van der Waals surface area contributed by atoms with Crippen LogP contribution >= 0.6 is 7.82 Å². The van der Waals surface area contributed by atoms with Crippen LogP contribution in [0, 0.1) is 0 Å². The van der Waals surface area contributed by atoms with Crippen molar-refractivity contribution in [3.05, 3.63) is 17.2 Å². The highest BCUT2D eigenvalue weighted by molar-refractivity contribution is 7.48. The highest BCUT2D eigenvalue weighted by Gasteiger charge is 2.50. The Morgan fingerprint density at radius 1 is 1.12 bits per heavy atom. The maximum atomic E-state index is 13.5. The van der Waals surface area contributed by atoms with Crippen molar-refractivity contribution in [2.75, 3.05) is 20.0 Å². The summed E-state index contributed by atoms with van der Waals surface area (Å²) in [6.45, 7) is 4.03. The van der Waals surface area contributed by atoms with Crippen molar-refractivity contribution in [2.45, 2.75) is 70.1 Å². The Morgan fingerprint density at radius 2 is 1.79 bits per heavy atom. The molecule has 1 amide bonds. The largest absolute Gasteiger partial charge is 0.530 e. The smallest absolute Gasteiger partial charge is 0.453 e. The van der Waals surface area contributed by atoms with Crippen LogP contribution < -0.4 is 19.3 Å². The number of phosphoric acid groups is 1. The Bertz CT molecular complexity index is 984. The van der Waals surface area contributed by atoms with Gasteiger partial charge in [-0.15, -0.1) is 0 Å². The Morgan fingerprint density at radius 3 is 2.44 bits per heavy atom. The lowest BCUT2D eigenvalue weighted by molar-refractivity contribution is -0.142. The number of carbonyl (C=O) groups excluding carboxylic acids is 2. The van der Waals surface area contributed by atoms with E-state index in [0.29, 0.717) is 18.4 Å². The predicted molar refractivity (Wildman–Crippen MR) is 118 cm³/mol. The molecule has 12 heteroatoms. The quantitative estimate of drug-likeness (QED) is 0.324. The van der Waals surface area contributed by atoms with E-state index in [1.165, 1.54) is 0 Å². The van der Waals surface area contributed by atoms with E-state index in [4.69, 9.17) is 23.0 Å². The molecule has 0 radical (unpaired) electrons. The van der Waals surface area contributed by atoms with Crippen molar-refractivity contribution >= 4 is 19.5 Å². The molecule has 11 nitrogen and oxygen atoms in total. The molecule has 3 N–H and O–H groups in total. The molecule has 34 heavy (non-hydrogen) atoms. The lowest BCUT2D eigenvalue weighted by atomic mass is 9.72. The zero-order valence-corrected chi connectivity index (χ0v) is 20.0. The fraction of sp³-hybridized carbons (Fsp3) is 0.636. The van der Waals surface area contributed by atoms with Gasteiger partial charge in [-0.2, -0.15) is 0 Å². The van der Waals surface area contributed by atoms with Gasteiger partial charge in [0.15, 0.2) is 17.3 Å². The molecule has 0 spiro atoms. The van der Waals surface area contributed by atoms with Crippen molar-refractivity contribution in [2.24, 2.45) is 0 Å². The number of carbonyl (C=O) groups is 2. The van der Waals surface area contributed by atoms with Crippen LogP contribution in [-0.4, -0.2) is 60.2 Å². The monoisotopic (exact) mass is 499 g/mol. The van der Waals surface area contributed by atoms with Gasteiger partial charge in [0.05, 0.1) is 24.8 Å². The molecule has 1 unspecified atom stereocenters. The number of unbranched alkanes of at least 4 members (excludes halogenated alkanes) is 2. The molecule has 1 aromatic rings. The van der Waals surface area contributed by atoms with Crippen LogP contribution in [0.4, 0.5) is 0 Å². The van der Waals surface area contributed by atoms with Gasteiger partial charge in [0.1, 0.15) is 12.2 Å². The van der Waals surface area contributed by atoms with Crippen LogP contribution in [0.5, 0.6) is 17.2 Å². The number of fused-ring (bicyclic) bond motifs is 4. The minimum Gasteiger partial charge on any atom is -0.453 e. The van der Waals surface area contributed by atoms with Crippen molar-refractivity contribution < 1.29 is 47.4 Å². The van der Waals surface area contributed by atoms with Gasteiger partial charge in [-0.1, -0.05) is 26.7 Å². The molecule has 1 aliphatic carbocycles. The number of phosphoric ester groups is 1. The fourth-order valence-electron chi connectivity index (χ4n) is 4.31. The standard InChI is InChI=1S/C22H30NO10P/c1-3-5-7-31-34(28,32-8-6-4-2)33-21-16-12(10-15-20(21)30-11-29-15)13-9-14(24)18(25)19(26)17(13)23-22(16)27/h10,13-14,17,19,24,26H,3-9,11H2,1-2H3,(H,23,27)/t13?,14-,17+,19-/m0/s1. The summed E-state index contributed by atoms with van der Waals surface area (Å²) >= 11 is 0. The first-order chi connectivity index (χ1) is 16.3. The molecule has 0 aromatic heterocycles. The molecule has 0 saturated heterocycles. The highest BCUT2D eigenvalue weighted by Crippen LogP contribution is 2.57. The minimum atomic E-state index is -4.14. The van der Waals surface area contributed by atoms with E-state index in [2.05, 4.69) is 5.32 Å². The zero-order valence-electron chi connectivity index (χ0n) is 19.2. The first-order valence-electron chi connectivity index (χ1n) is 11.6. The predicted octanol–water partition coefficient (Wildman–Crippen LogP) is 2.43. The molecule has 1 aromatic carbocycles. The SMILES string of the molecule is CCCCOP(=O)(OCCCC)Oc1c2c(cc3c1C(=O)N[C@@H]1C3C[C@H](O)C(=O)[C@H]1O)OCO2.